The zero-order valence-electron chi connectivity index (χ0n) is 10.0. The Bertz CT molecular complexity index is 373. The van der Waals surface area contributed by atoms with Crippen molar-refractivity contribution in [3.8, 4) is 0 Å². The Labute approximate surface area is 93.0 Å². The lowest BCUT2D eigenvalue weighted by Gasteiger charge is -2.27. The molecule has 0 aromatic heterocycles. The molecule has 1 atom stereocenters. The largest absolute Gasteiger partial charge is 0.0716 e. The van der Waals surface area contributed by atoms with Gasteiger partial charge in [0.1, 0.15) is 0 Å². The van der Waals surface area contributed by atoms with Crippen LogP contribution in [-0.2, 0) is 0 Å². The Morgan fingerprint density at radius 2 is 1.53 bits per heavy atom. The van der Waals surface area contributed by atoms with Gasteiger partial charge in [-0.05, 0) is 28.0 Å². The highest BCUT2D eigenvalue weighted by atomic mass is 14.3. The van der Waals surface area contributed by atoms with Gasteiger partial charge in [0.15, 0.2) is 0 Å². The molecule has 0 nitrogen and oxygen atoms in total. The van der Waals surface area contributed by atoms with Gasteiger partial charge in [-0.1, -0.05) is 58.0 Å². The number of hydrogen-bond donors (Lipinski definition) is 0. The van der Waals surface area contributed by atoms with E-state index in [1.807, 2.05) is 0 Å². The molecule has 0 spiro atoms. The second-order valence-corrected chi connectivity index (χ2v) is 5.50. The fourth-order valence-electron chi connectivity index (χ4n) is 1.70. The molecule has 2 rings (SSSR count). The first-order valence-electron chi connectivity index (χ1n) is 5.64. The molecule has 1 aromatic carbocycles. The Balaban J connectivity index is 2.19. The molecule has 1 radical (unpaired) electrons. The fourth-order valence-corrected chi connectivity index (χ4v) is 1.70. The summed E-state index contributed by atoms with van der Waals surface area (Å²) < 4.78 is 0. The number of allylic oxidation sites excluding steroid dienone is 2. The minimum absolute atomic E-state index is 0.340. The maximum atomic E-state index is 2.30. The van der Waals surface area contributed by atoms with Crippen molar-refractivity contribution in [2.45, 2.75) is 33.6 Å². The quantitative estimate of drug-likeness (QED) is 0.660. The highest BCUT2D eigenvalue weighted by Gasteiger charge is 2.21. The molecule has 79 valence electrons. The van der Waals surface area contributed by atoms with E-state index in [-0.39, 0.29) is 0 Å². The van der Waals surface area contributed by atoms with Crippen LogP contribution >= 0.6 is 0 Å². The summed E-state index contributed by atoms with van der Waals surface area (Å²) in [4.78, 5) is 0. The highest BCUT2D eigenvalue weighted by Crippen LogP contribution is 2.36. The molecule has 1 aliphatic carbocycles. The SMILES string of the molecule is CC(c1ccc(C2=C[CH]2)cc1)C(C)(C)C. The van der Waals surface area contributed by atoms with Gasteiger partial charge in [0.25, 0.3) is 0 Å². The zero-order valence-corrected chi connectivity index (χ0v) is 10.0. The Morgan fingerprint density at radius 1 is 1.00 bits per heavy atom. The summed E-state index contributed by atoms with van der Waals surface area (Å²) in [6.07, 6.45) is 4.31. The first-order chi connectivity index (χ1) is 6.98. The van der Waals surface area contributed by atoms with E-state index in [9.17, 15) is 0 Å². The van der Waals surface area contributed by atoms with Gasteiger partial charge >= 0.3 is 0 Å². The van der Waals surface area contributed by atoms with Crippen molar-refractivity contribution in [1.29, 1.82) is 0 Å². The van der Waals surface area contributed by atoms with E-state index in [1.54, 1.807) is 0 Å². The van der Waals surface area contributed by atoms with Gasteiger partial charge in [0, 0.05) is 6.42 Å². The van der Waals surface area contributed by atoms with E-state index in [1.165, 1.54) is 16.7 Å². The van der Waals surface area contributed by atoms with E-state index in [0.717, 1.165) is 0 Å². The summed E-state index contributed by atoms with van der Waals surface area (Å²) in [7, 11) is 0. The Kier molecular flexibility index (Phi) is 2.46. The van der Waals surface area contributed by atoms with Crippen molar-refractivity contribution >= 4 is 5.57 Å². The van der Waals surface area contributed by atoms with Crippen LogP contribution in [0.25, 0.3) is 5.57 Å². The molecule has 0 heteroatoms. The molecule has 1 aromatic rings. The van der Waals surface area contributed by atoms with Crippen molar-refractivity contribution in [2.24, 2.45) is 5.41 Å². The minimum atomic E-state index is 0.340. The summed E-state index contributed by atoms with van der Waals surface area (Å²) in [5, 5.41) is 0. The standard InChI is InChI=1S/C15H19/c1-11(15(2,3)4)12-5-7-13(8-6-12)14-9-10-14/h5-11H,1-4H3. The van der Waals surface area contributed by atoms with Crippen LogP contribution in [0.1, 0.15) is 44.7 Å². The molecular formula is C15H19. The lowest BCUT2D eigenvalue weighted by atomic mass is 9.78. The van der Waals surface area contributed by atoms with E-state index >= 15 is 0 Å². The predicted molar refractivity (Wildman–Crippen MR) is 66.6 cm³/mol. The topological polar surface area (TPSA) is 0 Å². The van der Waals surface area contributed by atoms with Crippen LogP contribution in [-0.4, -0.2) is 0 Å². The summed E-state index contributed by atoms with van der Waals surface area (Å²) in [5.41, 5.74) is 4.50. The van der Waals surface area contributed by atoms with Gasteiger partial charge in [0.2, 0.25) is 0 Å². The van der Waals surface area contributed by atoms with E-state index < -0.39 is 0 Å². The maximum Gasteiger partial charge on any atom is 0.0131 e. The first kappa shape index (κ1) is 10.5. The van der Waals surface area contributed by atoms with Crippen molar-refractivity contribution in [3.63, 3.8) is 0 Å². The van der Waals surface area contributed by atoms with Gasteiger partial charge in [-0.3, -0.25) is 0 Å². The molecule has 1 aliphatic rings. The highest BCUT2D eigenvalue weighted by molar-refractivity contribution is 5.87. The fraction of sp³-hybridized carbons (Fsp3) is 0.400. The normalized spacial score (nSPS) is 17.2. The number of rotatable bonds is 2. The predicted octanol–water partition coefficient (Wildman–Crippen LogP) is 4.44. The molecular weight excluding hydrogens is 180 g/mol. The average molecular weight is 199 g/mol. The molecule has 0 heterocycles. The lowest BCUT2D eigenvalue weighted by molar-refractivity contribution is 0.339. The smallest absolute Gasteiger partial charge is 0.0131 e. The molecule has 0 aliphatic heterocycles. The maximum absolute atomic E-state index is 2.30. The third kappa shape index (κ3) is 2.31. The third-order valence-electron chi connectivity index (χ3n) is 3.38. The summed E-state index contributed by atoms with van der Waals surface area (Å²) in [6.45, 7) is 9.19. The van der Waals surface area contributed by atoms with Crippen molar-refractivity contribution in [2.75, 3.05) is 0 Å². The van der Waals surface area contributed by atoms with Crippen LogP contribution in [0, 0.1) is 11.8 Å². The van der Waals surface area contributed by atoms with Crippen LogP contribution < -0.4 is 0 Å². The number of hydrogen-bond acceptors (Lipinski definition) is 0. The lowest BCUT2D eigenvalue weighted by Crippen LogP contribution is -2.15. The van der Waals surface area contributed by atoms with Gasteiger partial charge in [0.05, 0.1) is 0 Å². The van der Waals surface area contributed by atoms with Gasteiger partial charge in [-0.15, -0.1) is 0 Å². The first-order valence-corrected chi connectivity index (χ1v) is 5.64. The van der Waals surface area contributed by atoms with E-state index in [2.05, 4.69) is 64.5 Å². The molecule has 0 saturated carbocycles. The van der Waals surface area contributed by atoms with Crippen molar-refractivity contribution in [1.82, 2.24) is 0 Å². The van der Waals surface area contributed by atoms with Gasteiger partial charge in [-0.25, -0.2) is 0 Å². The molecule has 0 N–H and O–H groups in total. The third-order valence-corrected chi connectivity index (χ3v) is 3.38. The second kappa shape index (κ2) is 3.52. The van der Waals surface area contributed by atoms with Crippen LogP contribution in [0.2, 0.25) is 0 Å². The van der Waals surface area contributed by atoms with Crippen LogP contribution in [0.15, 0.2) is 30.3 Å². The van der Waals surface area contributed by atoms with Gasteiger partial charge in [-0.2, -0.15) is 0 Å². The van der Waals surface area contributed by atoms with Gasteiger partial charge < -0.3 is 0 Å². The Morgan fingerprint density at radius 3 is 1.93 bits per heavy atom. The van der Waals surface area contributed by atoms with E-state index in [0.29, 0.717) is 11.3 Å². The molecule has 15 heavy (non-hydrogen) atoms. The number of benzene rings is 1. The monoisotopic (exact) mass is 199 g/mol. The summed E-state index contributed by atoms with van der Waals surface area (Å²) in [6, 6.07) is 8.98. The van der Waals surface area contributed by atoms with Crippen LogP contribution in [0.5, 0.6) is 0 Å². The molecule has 0 amide bonds. The van der Waals surface area contributed by atoms with Crippen molar-refractivity contribution < 1.29 is 0 Å². The van der Waals surface area contributed by atoms with E-state index in [4.69, 9.17) is 0 Å². The summed E-state index contributed by atoms with van der Waals surface area (Å²) >= 11 is 0. The molecule has 1 unspecified atom stereocenters. The van der Waals surface area contributed by atoms with Crippen LogP contribution in [0.4, 0.5) is 0 Å². The second-order valence-electron chi connectivity index (χ2n) is 5.50. The average Bonchev–Trinajstić information content (AvgIpc) is 2.99. The Hall–Kier alpha value is -1.04. The van der Waals surface area contributed by atoms with Crippen LogP contribution in [0.3, 0.4) is 0 Å². The molecule has 0 bridgehead atoms. The molecule has 0 fully saturated rings. The van der Waals surface area contributed by atoms with Crippen molar-refractivity contribution in [3.05, 3.63) is 47.9 Å². The molecule has 0 saturated heterocycles. The minimum Gasteiger partial charge on any atom is -0.0716 e. The zero-order chi connectivity index (χ0) is 11.1. The summed E-state index contributed by atoms with van der Waals surface area (Å²) in [5.74, 6) is 0.601.